The van der Waals surface area contributed by atoms with Gasteiger partial charge in [0.1, 0.15) is 0 Å². The van der Waals surface area contributed by atoms with Crippen molar-refractivity contribution in [2.24, 2.45) is 5.73 Å². The van der Waals surface area contributed by atoms with Gasteiger partial charge in [-0.05, 0) is 12.5 Å². The first kappa shape index (κ1) is 11.1. The molecule has 2 aromatic rings. The molecule has 5 heteroatoms. The molecule has 5 nitrogen and oxygen atoms in total. The van der Waals surface area contributed by atoms with Crippen molar-refractivity contribution in [3.63, 3.8) is 0 Å². The smallest absolute Gasteiger partial charge is 0.269 e. The third kappa shape index (κ3) is 2.11. The Morgan fingerprint density at radius 3 is 2.94 bits per heavy atom. The molecule has 0 spiro atoms. The predicted molar refractivity (Wildman–Crippen MR) is 63.1 cm³/mol. The Morgan fingerprint density at radius 1 is 1.47 bits per heavy atom. The number of primary amides is 1. The highest BCUT2D eigenvalue weighted by molar-refractivity contribution is 6.04. The summed E-state index contributed by atoms with van der Waals surface area (Å²) in [5.74, 6) is -0.528. The Hall–Kier alpha value is -2.35. The average Bonchev–Trinajstić information content (AvgIpc) is 2.69. The van der Waals surface area contributed by atoms with Gasteiger partial charge in [-0.3, -0.25) is 9.48 Å². The number of aromatic nitrogens is 2. The maximum Gasteiger partial charge on any atom is 0.269 e. The van der Waals surface area contributed by atoms with Gasteiger partial charge in [0.05, 0.1) is 11.6 Å². The minimum absolute atomic E-state index is 0.289. The second-order valence-electron chi connectivity index (χ2n) is 3.71. The minimum Gasteiger partial charge on any atom is -0.364 e. The summed E-state index contributed by atoms with van der Waals surface area (Å²) in [6.07, 6.45) is 1.18. The number of aryl methyl sites for hydroxylation is 1. The molecule has 0 saturated carbocycles. The van der Waals surface area contributed by atoms with Crippen LogP contribution in [0.1, 0.15) is 23.3 Å². The van der Waals surface area contributed by atoms with Crippen molar-refractivity contribution in [2.75, 3.05) is 0 Å². The number of hydrogen-bond acceptors (Lipinski definition) is 3. The number of fused-ring (bicyclic) bond motifs is 1. The molecule has 1 heterocycles. The topological polar surface area (TPSA) is 84.7 Å². The summed E-state index contributed by atoms with van der Waals surface area (Å²) in [5.41, 5.74) is 6.44. The molecule has 1 aromatic heterocycles. The standard InChI is InChI=1S/C12H12N4O/c13-7-3-4-8-16-10-6-2-1-5-9(10)11(15-16)12(14)17/h1-2,5-6H,3-4,8H2,(H2,14,17). The van der Waals surface area contributed by atoms with Crippen molar-refractivity contribution in [3.8, 4) is 6.07 Å². The van der Waals surface area contributed by atoms with Crippen LogP contribution in [0.15, 0.2) is 24.3 Å². The largest absolute Gasteiger partial charge is 0.364 e. The molecule has 1 aromatic carbocycles. The van der Waals surface area contributed by atoms with Gasteiger partial charge in [-0.1, -0.05) is 18.2 Å². The van der Waals surface area contributed by atoms with Crippen LogP contribution < -0.4 is 5.73 Å². The van der Waals surface area contributed by atoms with Crippen LogP contribution in [0.25, 0.3) is 10.9 Å². The zero-order chi connectivity index (χ0) is 12.3. The van der Waals surface area contributed by atoms with Gasteiger partial charge in [0.25, 0.3) is 5.91 Å². The van der Waals surface area contributed by atoms with Gasteiger partial charge in [-0.15, -0.1) is 0 Å². The first-order valence-electron chi connectivity index (χ1n) is 5.36. The van der Waals surface area contributed by atoms with Gasteiger partial charge in [0.2, 0.25) is 0 Å². The van der Waals surface area contributed by atoms with Gasteiger partial charge in [0.15, 0.2) is 5.69 Å². The molecule has 0 bridgehead atoms. The molecular weight excluding hydrogens is 216 g/mol. The highest BCUT2D eigenvalue weighted by Crippen LogP contribution is 2.18. The number of rotatable bonds is 4. The van der Waals surface area contributed by atoms with E-state index in [1.807, 2.05) is 24.3 Å². The zero-order valence-corrected chi connectivity index (χ0v) is 9.26. The lowest BCUT2D eigenvalue weighted by Gasteiger charge is -2.00. The van der Waals surface area contributed by atoms with E-state index >= 15 is 0 Å². The normalized spacial score (nSPS) is 10.3. The Bertz CT molecular complexity index is 594. The fourth-order valence-corrected chi connectivity index (χ4v) is 1.79. The molecule has 0 saturated heterocycles. The van der Waals surface area contributed by atoms with E-state index in [0.29, 0.717) is 19.4 Å². The van der Waals surface area contributed by atoms with Gasteiger partial charge in [-0.25, -0.2) is 0 Å². The second kappa shape index (κ2) is 4.66. The number of benzene rings is 1. The van der Waals surface area contributed by atoms with Crippen LogP contribution >= 0.6 is 0 Å². The fourth-order valence-electron chi connectivity index (χ4n) is 1.79. The van der Waals surface area contributed by atoms with Crippen LogP contribution in [0.4, 0.5) is 0 Å². The predicted octanol–water partition coefficient (Wildman–Crippen LogP) is 1.44. The summed E-state index contributed by atoms with van der Waals surface area (Å²) in [7, 11) is 0. The number of nitrogens with two attached hydrogens (primary N) is 1. The average molecular weight is 228 g/mol. The minimum atomic E-state index is -0.528. The van der Waals surface area contributed by atoms with Crippen LogP contribution in [-0.4, -0.2) is 15.7 Å². The lowest BCUT2D eigenvalue weighted by Crippen LogP contribution is -2.13. The number of carbonyl (C=O) groups is 1. The summed E-state index contributed by atoms with van der Waals surface area (Å²) in [6, 6.07) is 9.52. The number of nitrogens with zero attached hydrogens (tertiary/aromatic N) is 3. The van der Waals surface area contributed by atoms with E-state index in [-0.39, 0.29) is 5.69 Å². The molecule has 86 valence electrons. The first-order chi connectivity index (χ1) is 8.24. The van der Waals surface area contributed by atoms with E-state index in [9.17, 15) is 4.79 Å². The van der Waals surface area contributed by atoms with Crippen LogP contribution in [0, 0.1) is 11.3 Å². The lowest BCUT2D eigenvalue weighted by molar-refractivity contribution is 0.0996. The van der Waals surface area contributed by atoms with E-state index < -0.39 is 5.91 Å². The third-order valence-electron chi connectivity index (χ3n) is 2.55. The fraction of sp³-hybridized carbons (Fsp3) is 0.250. The van der Waals surface area contributed by atoms with Crippen molar-refractivity contribution < 1.29 is 4.79 Å². The van der Waals surface area contributed by atoms with Crippen molar-refractivity contribution in [2.45, 2.75) is 19.4 Å². The molecule has 0 atom stereocenters. The van der Waals surface area contributed by atoms with Crippen LogP contribution in [0.5, 0.6) is 0 Å². The Balaban J connectivity index is 2.42. The Kier molecular flexibility index (Phi) is 3.06. The van der Waals surface area contributed by atoms with Gasteiger partial charge in [-0.2, -0.15) is 10.4 Å². The molecule has 0 unspecified atom stereocenters. The third-order valence-corrected chi connectivity index (χ3v) is 2.55. The van der Waals surface area contributed by atoms with E-state index in [0.717, 1.165) is 10.9 Å². The van der Waals surface area contributed by atoms with Crippen molar-refractivity contribution in [1.82, 2.24) is 9.78 Å². The summed E-state index contributed by atoms with van der Waals surface area (Å²) < 4.78 is 1.73. The van der Waals surface area contributed by atoms with Crippen molar-refractivity contribution in [3.05, 3.63) is 30.0 Å². The number of nitriles is 1. The number of unbranched alkanes of at least 4 members (excludes halogenated alkanes) is 1. The van der Waals surface area contributed by atoms with Gasteiger partial charge < -0.3 is 5.73 Å². The van der Waals surface area contributed by atoms with E-state index in [2.05, 4.69) is 11.2 Å². The summed E-state index contributed by atoms with van der Waals surface area (Å²) in [5, 5.41) is 13.5. The van der Waals surface area contributed by atoms with E-state index in [4.69, 9.17) is 11.0 Å². The molecule has 1 amide bonds. The monoisotopic (exact) mass is 228 g/mol. The van der Waals surface area contributed by atoms with Gasteiger partial charge >= 0.3 is 0 Å². The van der Waals surface area contributed by atoms with Crippen molar-refractivity contribution in [1.29, 1.82) is 5.26 Å². The SMILES string of the molecule is N#CCCCn1nc(C(N)=O)c2ccccc21. The second-order valence-corrected chi connectivity index (χ2v) is 3.71. The highest BCUT2D eigenvalue weighted by atomic mass is 16.1. The van der Waals surface area contributed by atoms with E-state index in [1.165, 1.54) is 0 Å². The molecular formula is C12H12N4O. The highest BCUT2D eigenvalue weighted by Gasteiger charge is 2.13. The molecule has 0 radical (unpaired) electrons. The maximum absolute atomic E-state index is 11.3. The Morgan fingerprint density at radius 2 is 2.24 bits per heavy atom. The number of para-hydroxylation sites is 1. The Labute approximate surface area is 98.4 Å². The number of amides is 1. The van der Waals surface area contributed by atoms with E-state index in [1.54, 1.807) is 4.68 Å². The lowest BCUT2D eigenvalue weighted by atomic mass is 10.2. The zero-order valence-electron chi connectivity index (χ0n) is 9.26. The van der Waals surface area contributed by atoms with Crippen molar-refractivity contribution >= 4 is 16.8 Å². The molecule has 0 aliphatic carbocycles. The quantitative estimate of drug-likeness (QED) is 0.803. The first-order valence-corrected chi connectivity index (χ1v) is 5.36. The van der Waals surface area contributed by atoms with Crippen LogP contribution in [0.2, 0.25) is 0 Å². The number of hydrogen-bond donors (Lipinski definition) is 1. The molecule has 0 fully saturated rings. The number of carbonyl (C=O) groups excluding carboxylic acids is 1. The van der Waals surface area contributed by atoms with Gasteiger partial charge in [0, 0.05) is 18.4 Å². The molecule has 2 rings (SSSR count). The molecule has 0 aliphatic heterocycles. The van der Waals surface area contributed by atoms with Crippen LogP contribution in [-0.2, 0) is 6.54 Å². The maximum atomic E-state index is 11.3. The molecule has 17 heavy (non-hydrogen) atoms. The summed E-state index contributed by atoms with van der Waals surface area (Å²) >= 11 is 0. The summed E-state index contributed by atoms with van der Waals surface area (Å²) in [4.78, 5) is 11.3. The van der Waals surface area contributed by atoms with Crippen LogP contribution in [0.3, 0.4) is 0 Å². The summed E-state index contributed by atoms with van der Waals surface area (Å²) in [6.45, 7) is 0.612. The molecule has 0 aliphatic rings. The molecule has 2 N–H and O–H groups in total.